The Morgan fingerprint density at radius 3 is 2.41 bits per heavy atom. The van der Waals surface area contributed by atoms with Gasteiger partial charge in [0.1, 0.15) is 11.4 Å². The second-order valence-electron chi connectivity index (χ2n) is 9.41. The van der Waals surface area contributed by atoms with Crippen molar-refractivity contribution in [1.82, 2.24) is 14.3 Å². The quantitative estimate of drug-likeness (QED) is 0.309. The van der Waals surface area contributed by atoms with E-state index in [1.54, 1.807) is 74.7 Å². The summed E-state index contributed by atoms with van der Waals surface area (Å²) in [7, 11) is -4.02. The number of hydrogen-bond donors (Lipinski definition) is 2. The number of benzene rings is 2. The maximum absolute atomic E-state index is 12.3. The van der Waals surface area contributed by atoms with Gasteiger partial charge in [0, 0.05) is 16.8 Å². The summed E-state index contributed by atoms with van der Waals surface area (Å²) in [6, 6.07) is 13.8. The van der Waals surface area contributed by atoms with Crippen LogP contribution in [0.2, 0.25) is 10.2 Å². The standard InChI is InChI=1S/C27H28Cl2N4O5S/c1-18-30-25(29)23(12-13-24(34)32-39(36,37)15-14-19-8-6-5-7-9-19)33(18)17-20-10-11-21(16-22(20)28)31-26(35)38-27(2,3)4/h5-16H,17H2,1-4H3,(H,31,35)(H,32,34). The van der Waals surface area contributed by atoms with Crippen molar-refractivity contribution in [2.45, 2.75) is 39.8 Å². The molecule has 1 heterocycles. The minimum atomic E-state index is -4.02. The van der Waals surface area contributed by atoms with Crippen LogP contribution in [0.5, 0.6) is 0 Å². The summed E-state index contributed by atoms with van der Waals surface area (Å²) in [5.41, 5.74) is 1.56. The van der Waals surface area contributed by atoms with E-state index in [0.29, 0.717) is 33.4 Å². The molecule has 0 bridgehead atoms. The van der Waals surface area contributed by atoms with Gasteiger partial charge < -0.3 is 9.30 Å². The lowest BCUT2D eigenvalue weighted by Crippen LogP contribution is -2.27. The molecule has 0 spiro atoms. The number of carbonyl (C=O) groups excluding carboxylic acids is 2. The van der Waals surface area contributed by atoms with E-state index in [-0.39, 0.29) is 11.7 Å². The van der Waals surface area contributed by atoms with Crippen LogP contribution in [-0.2, 0) is 26.1 Å². The van der Waals surface area contributed by atoms with E-state index in [9.17, 15) is 18.0 Å². The number of ether oxygens (including phenoxy) is 1. The largest absolute Gasteiger partial charge is 0.444 e. The molecule has 0 aliphatic heterocycles. The maximum Gasteiger partial charge on any atom is 0.412 e. The average molecular weight is 592 g/mol. The van der Waals surface area contributed by atoms with Gasteiger partial charge in [-0.25, -0.2) is 22.9 Å². The van der Waals surface area contributed by atoms with Gasteiger partial charge in [-0.05, 0) is 63.1 Å². The van der Waals surface area contributed by atoms with Gasteiger partial charge in [-0.15, -0.1) is 0 Å². The SMILES string of the molecule is Cc1nc(Cl)c(C=CC(=O)NS(=O)(=O)C=Cc2ccccc2)n1Cc1ccc(NC(=O)OC(C)(C)C)cc1Cl. The Hall–Kier alpha value is -3.60. The Balaban J connectivity index is 1.72. The van der Waals surface area contributed by atoms with Gasteiger partial charge in [0.25, 0.3) is 15.9 Å². The minimum absolute atomic E-state index is 0.128. The molecule has 0 radical (unpaired) electrons. The van der Waals surface area contributed by atoms with E-state index in [2.05, 4.69) is 10.3 Å². The summed E-state index contributed by atoms with van der Waals surface area (Å²) in [5, 5.41) is 4.05. The zero-order chi connectivity index (χ0) is 28.8. The normalized spacial score (nSPS) is 12.2. The van der Waals surface area contributed by atoms with Crippen molar-refractivity contribution >= 4 is 63.1 Å². The highest BCUT2D eigenvalue weighted by atomic mass is 35.5. The number of hydrogen-bond acceptors (Lipinski definition) is 6. The summed E-state index contributed by atoms with van der Waals surface area (Å²) in [6.07, 6.45) is 3.21. The number of aromatic nitrogens is 2. The van der Waals surface area contributed by atoms with E-state index in [0.717, 1.165) is 11.5 Å². The lowest BCUT2D eigenvalue weighted by Gasteiger charge is -2.20. The minimum Gasteiger partial charge on any atom is -0.444 e. The number of aryl methyl sites for hydroxylation is 1. The van der Waals surface area contributed by atoms with E-state index >= 15 is 0 Å². The van der Waals surface area contributed by atoms with Crippen LogP contribution >= 0.6 is 23.2 Å². The van der Waals surface area contributed by atoms with Crippen LogP contribution in [0, 0.1) is 6.92 Å². The van der Waals surface area contributed by atoms with Crippen molar-refractivity contribution in [3.05, 3.63) is 92.8 Å². The first kappa shape index (κ1) is 29.9. The van der Waals surface area contributed by atoms with E-state index in [4.69, 9.17) is 27.9 Å². The second-order valence-corrected chi connectivity index (χ2v) is 11.7. The molecule has 206 valence electrons. The van der Waals surface area contributed by atoms with Crippen LogP contribution < -0.4 is 10.0 Å². The highest BCUT2D eigenvalue weighted by Gasteiger charge is 2.18. The second kappa shape index (κ2) is 12.5. The molecule has 9 nitrogen and oxygen atoms in total. The Kier molecular flexibility index (Phi) is 9.60. The molecule has 2 N–H and O–H groups in total. The molecule has 0 saturated carbocycles. The monoisotopic (exact) mass is 590 g/mol. The van der Waals surface area contributed by atoms with Gasteiger partial charge in [-0.3, -0.25) is 10.1 Å². The topological polar surface area (TPSA) is 119 Å². The van der Waals surface area contributed by atoms with Gasteiger partial charge in [0.2, 0.25) is 0 Å². The molecular weight excluding hydrogens is 563 g/mol. The zero-order valence-electron chi connectivity index (χ0n) is 21.7. The number of amides is 2. The number of halogens is 2. The number of anilines is 1. The first-order chi connectivity index (χ1) is 18.2. The summed E-state index contributed by atoms with van der Waals surface area (Å²) in [4.78, 5) is 28.6. The average Bonchev–Trinajstić information content (AvgIpc) is 3.09. The lowest BCUT2D eigenvalue weighted by atomic mass is 10.2. The van der Waals surface area contributed by atoms with Crippen molar-refractivity contribution in [2.24, 2.45) is 0 Å². The summed E-state index contributed by atoms with van der Waals surface area (Å²) < 4.78 is 33.4. The van der Waals surface area contributed by atoms with Crippen LogP contribution in [0.25, 0.3) is 12.2 Å². The summed E-state index contributed by atoms with van der Waals surface area (Å²) >= 11 is 12.8. The first-order valence-corrected chi connectivity index (χ1v) is 14.0. The molecule has 12 heteroatoms. The Morgan fingerprint density at radius 2 is 1.77 bits per heavy atom. The van der Waals surface area contributed by atoms with Crippen molar-refractivity contribution in [3.63, 3.8) is 0 Å². The van der Waals surface area contributed by atoms with Crippen LogP contribution in [-0.4, -0.2) is 35.6 Å². The van der Waals surface area contributed by atoms with Crippen molar-refractivity contribution in [1.29, 1.82) is 0 Å². The third kappa shape index (κ3) is 9.27. The molecule has 0 fully saturated rings. The highest BCUT2D eigenvalue weighted by molar-refractivity contribution is 7.93. The van der Waals surface area contributed by atoms with Crippen molar-refractivity contribution in [2.75, 3.05) is 5.32 Å². The molecule has 2 aromatic carbocycles. The molecule has 1 aromatic heterocycles. The highest BCUT2D eigenvalue weighted by Crippen LogP contribution is 2.26. The Labute approximate surface area is 237 Å². The van der Waals surface area contributed by atoms with Crippen LogP contribution in [0.3, 0.4) is 0 Å². The van der Waals surface area contributed by atoms with Gasteiger partial charge in [0.15, 0.2) is 5.15 Å². The van der Waals surface area contributed by atoms with Gasteiger partial charge in [0.05, 0.1) is 17.6 Å². The Bertz CT molecular complexity index is 1530. The van der Waals surface area contributed by atoms with E-state index in [1.807, 2.05) is 10.8 Å². The summed E-state index contributed by atoms with van der Waals surface area (Å²) in [5.74, 6) is -0.310. The smallest absolute Gasteiger partial charge is 0.412 e. The number of nitrogens with zero attached hydrogens (tertiary/aromatic N) is 2. The molecular formula is C27H28Cl2N4O5S. The van der Waals surface area contributed by atoms with Crippen LogP contribution in [0.1, 0.15) is 43.4 Å². The van der Waals surface area contributed by atoms with Crippen LogP contribution in [0.4, 0.5) is 10.5 Å². The molecule has 2 amide bonds. The van der Waals surface area contributed by atoms with Gasteiger partial charge in [-0.2, -0.15) is 0 Å². The van der Waals surface area contributed by atoms with Gasteiger partial charge in [-0.1, -0.05) is 59.6 Å². The molecule has 0 unspecified atom stereocenters. The van der Waals surface area contributed by atoms with Gasteiger partial charge >= 0.3 is 6.09 Å². The third-order valence-electron chi connectivity index (χ3n) is 5.05. The predicted molar refractivity (Wildman–Crippen MR) is 154 cm³/mol. The molecule has 0 saturated heterocycles. The van der Waals surface area contributed by atoms with Crippen LogP contribution in [0.15, 0.2) is 60.0 Å². The number of imidazole rings is 1. The first-order valence-electron chi connectivity index (χ1n) is 11.7. The molecule has 3 rings (SSSR count). The fourth-order valence-corrected chi connectivity index (χ4v) is 4.62. The predicted octanol–water partition coefficient (Wildman–Crippen LogP) is 6.02. The fourth-order valence-electron chi connectivity index (χ4n) is 3.34. The number of sulfonamides is 1. The Morgan fingerprint density at radius 1 is 1.08 bits per heavy atom. The fraction of sp³-hybridized carbons (Fsp3) is 0.222. The van der Waals surface area contributed by atoms with Crippen molar-refractivity contribution < 1.29 is 22.7 Å². The zero-order valence-corrected chi connectivity index (χ0v) is 24.1. The number of nitrogens with one attached hydrogen (secondary N) is 2. The molecule has 39 heavy (non-hydrogen) atoms. The number of rotatable bonds is 8. The third-order valence-corrected chi connectivity index (χ3v) is 6.66. The number of carbonyl (C=O) groups is 2. The van der Waals surface area contributed by atoms with Crippen molar-refractivity contribution in [3.8, 4) is 0 Å². The molecule has 0 aliphatic rings. The van der Waals surface area contributed by atoms with E-state index in [1.165, 1.54) is 12.2 Å². The molecule has 0 atom stereocenters. The maximum atomic E-state index is 12.3. The summed E-state index contributed by atoms with van der Waals surface area (Å²) in [6.45, 7) is 7.27. The van der Waals surface area contributed by atoms with E-state index < -0.39 is 27.6 Å². The lowest BCUT2D eigenvalue weighted by molar-refractivity contribution is -0.114. The molecule has 3 aromatic rings. The molecule has 0 aliphatic carbocycles.